The van der Waals surface area contributed by atoms with E-state index in [2.05, 4.69) is 16.0 Å². The molecule has 1 saturated carbocycles. The van der Waals surface area contributed by atoms with Crippen LogP contribution in [0.5, 0.6) is 5.75 Å². The van der Waals surface area contributed by atoms with Crippen molar-refractivity contribution in [2.75, 3.05) is 17.7 Å². The first kappa shape index (κ1) is 40.2. The van der Waals surface area contributed by atoms with E-state index in [-0.39, 0.29) is 58.9 Å². The number of carboxylic acid groups (broad SMARTS) is 1. The van der Waals surface area contributed by atoms with E-state index in [1.54, 1.807) is 42.5 Å². The van der Waals surface area contributed by atoms with Crippen LogP contribution < -0.4 is 55.4 Å². The molecule has 0 bridgehead atoms. The van der Waals surface area contributed by atoms with Crippen molar-refractivity contribution in [3.8, 4) is 5.75 Å². The van der Waals surface area contributed by atoms with Gasteiger partial charge in [0.25, 0.3) is 5.91 Å². The Balaban J connectivity index is 0.00000605. The van der Waals surface area contributed by atoms with Gasteiger partial charge in [0.2, 0.25) is 11.4 Å². The summed E-state index contributed by atoms with van der Waals surface area (Å²) in [5.74, 6) is -4.14. The average Bonchev–Trinajstić information content (AvgIpc) is 3.88. The Morgan fingerprint density at radius 2 is 1.62 bits per heavy atom. The standard InChI is InChI=1S/C36H38F3N5O7.Na/c1-21-9-7-8-12-25(21)41-33(49)42-26-16-15-23(18-29(26)51-3)20-43-34(50)44(32(48)35(43,2)36(37,38)39)28(17-22-13-14-22)31(47)40-27(19-30(45)46)24-10-5-4-6-11-24;/h4-12,15-16,18,22,27-28H,13-14,17,19-20H2,1-3H3,(H,40,47)(H,45,46)(H2,41,42,49);/q;+1/p-1. The normalized spacial score (nSPS) is 18.3. The zero-order valence-electron chi connectivity index (χ0n) is 29.1. The number of nitrogens with one attached hydrogen (secondary N) is 3. The number of carbonyl (C=O) groups excluding carboxylic acids is 5. The van der Waals surface area contributed by atoms with Gasteiger partial charge in [0.1, 0.15) is 11.8 Å². The molecular formula is C36H37F3N5NaO7. The van der Waals surface area contributed by atoms with Gasteiger partial charge in [-0.05, 0) is 61.1 Å². The molecule has 16 heteroatoms. The summed E-state index contributed by atoms with van der Waals surface area (Å²) in [5.41, 5.74) is -1.28. The molecule has 52 heavy (non-hydrogen) atoms. The monoisotopic (exact) mass is 731 g/mol. The molecule has 0 aromatic heterocycles. The molecule has 3 aromatic rings. The van der Waals surface area contributed by atoms with Crippen LogP contribution in [0.2, 0.25) is 0 Å². The van der Waals surface area contributed by atoms with Crippen molar-refractivity contribution in [1.82, 2.24) is 15.1 Å². The number of aryl methyl sites for hydroxylation is 1. The quantitative estimate of drug-likeness (QED) is 0.179. The number of nitrogens with zero attached hydrogens (tertiary/aromatic N) is 2. The summed E-state index contributed by atoms with van der Waals surface area (Å²) < 4.78 is 50.0. The third-order valence-corrected chi connectivity index (χ3v) is 9.17. The Kier molecular flexibility index (Phi) is 12.7. The molecule has 1 heterocycles. The smallest absolute Gasteiger partial charge is 0.550 e. The SMILES string of the molecule is COc1cc(CN2C(=O)N(C(CC3CC3)C(=O)NC(CC(=O)[O-])c3ccccc3)C(=O)C2(C)C(F)(F)F)ccc1NC(=O)Nc1ccccc1C.[Na+]. The number of urea groups is 2. The molecule has 1 saturated heterocycles. The van der Waals surface area contributed by atoms with E-state index < -0.39 is 66.6 Å². The second-order valence-corrected chi connectivity index (χ2v) is 12.8. The van der Waals surface area contributed by atoms with Crippen LogP contribution in [0.3, 0.4) is 0 Å². The maximum atomic E-state index is 14.9. The summed E-state index contributed by atoms with van der Waals surface area (Å²) in [6.45, 7) is 1.69. The summed E-state index contributed by atoms with van der Waals surface area (Å²) in [6.07, 6.45) is -4.72. The minimum atomic E-state index is -5.25. The van der Waals surface area contributed by atoms with Crippen molar-refractivity contribution >= 4 is 41.2 Å². The van der Waals surface area contributed by atoms with Crippen molar-refractivity contribution in [2.24, 2.45) is 5.92 Å². The summed E-state index contributed by atoms with van der Waals surface area (Å²) in [4.78, 5) is 66.6. The van der Waals surface area contributed by atoms with E-state index in [0.29, 0.717) is 40.8 Å². The van der Waals surface area contributed by atoms with E-state index in [0.717, 1.165) is 5.56 Å². The van der Waals surface area contributed by atoms with Crippen molar-refractivity contribution in [3.63, 3.8) is 0 Å². The Morgan fingerprint density at radius 1 is 0.981 bits per heavy atom. The summed E-state index contributed by atoms with van der Waals surface area (Å²) in [6, 6.07) is 14.5. The Labute approximate surface area is 320 Å². The number of alkyl halides is 3. The van der Waals surface area contributed by atoms with E-state index in [4.69, 9.17) is 4.74 Å². The van der Waals surface area contributed by atoms with Crippen LogP contribution in [0.1, 0.15) is 55.3 Å². The molecule has 3 atom stereocenters. The van der Waals surface area contributed by atoms with Crippen LogP contribution in [0, 0.1) is 12.8 Å². The average molecular weight is 732 g/mol. The van der Waals surface area contributed by atoms with Crippen LogP contribution in [0.4, 0.5) is 34.1 Å². The molecule has 1 aliphatic carbocycles. The van der Waals surface area contributed by atoms with Crippen molar-refractivity contribution in [3.05, 3.63) is 89.5 Å². The van der Waals surface area contributed by atoms with E-state index in [1.807, 2.05) is 19.1 Å². The summed E-state index contributed by atoms with van der Waals surface area (Å²) in [5, 5.41) is 19.4. The van der Waals surface area contributed by atoms with Gasteiger partial charge in [-0.15, -0.1) is 0 Å². The van der Waals surface area contributed by atoms with Crippen LogP contribution in [0.25, 0.3) is 0 Å². The Hall–Kier alpha value is -4.60. The van der Waals surface area contributed by atoms with Gasteiger partial charge in [-0.3, -0.25) is 14.5 Å². The van der Waals surface area contributed by atoms with E-state index >= 15 is 0 Å². The molecule has 2 aliphatic rings. The minimum Gasteiger partial charge on any atom is -0.550 e. The fraction of sp³-hybridized carbons (Fsp3) is 0.361. The topological polar surface area (TPSA) is 160 Å². The van der Waals surface area contributed by atoms with Gasteiger partial charge in [-0.25, -0.2) is 14.5 Å². The fourth-order valence-electron chi connectivity index (χ4n) is 6.01. The van der Waals surface area contributed by atoms with Crippen LogP contribution in [-0.4, -0.2) is 64.5 Å². The summed E-state index contributed by atoms with van der Waals surface area (Å²) >= 11 is 0. The number of amides is 6. The van der Waals surface area contributed by atoms with Crippen LogP contribution in [0.15, 0.2) is 72.8 Å². The van der Waals surface area contributed by atoms with Crippen LogP contribution in [-0.2, 0) is 20.9 Å². The number of benzene rings is 3. The fourth-order valence-corrected chi connectivity index (χ4v) is 6.01. The third kappa shape index (κ3) is 8.70. The van der Waals surface area contributed by atoms with Crippen molar-refractivity contribution < 1.29 is 76.5 Å². The van der Waals surface area contributed by atoms with Crippen molar-refractivity contribution in [1.29, 1.82) is 0 Å². The molecule has 3 unspecified atom stereocenters. The second kappa shape index (κ2) is 16.4. The van der Waals surface area contributed by atoms with Gasteiger partial charge in [0.05, 0.1) is 18.8 Å². The first-order chi connectivity index (χ1) is 24.1. The zero-order valence-corrected chi connectivity index (χ0v) is 31.1. The number of hydrogen-bond acceptors (Lipinski definition) is 7. The maximum Gasteiger partial charge on any atom is 1.00 e. The van der Waals surface area contributed by atoms with Crippen molar-refractivity contribution in [2.45, 2.75) is 69.9 Å². The number of rotatable bonds is 13. The molecular weight excluding hydrogens is 694 g/mol. The van der Waals surface area contributed by atoms with Gasteiger partial charge < -0.3 is 30.6 Å². The predicted molar refractivity (Wildman–Crippen MR) is 177 cm³/mol. The molecule has 3 N–H and O–H groups in total. The Bertz CT molecular complexity index is 1830. The molecule has 5 rings (SSSR count). The van der Waals surface area contributed by atoms with Gasteiger partial charge in [-0.2, -0.15) is 13.2 Å². The van der Waals surface area contributed by atoms with Gasteiger partial charge >= 0.3 is 47.8 Å². The second-order valence-electron chi connectivity index (χ2n) is 12.8. The number of carboxylic acids is 1. The first-order valence-corrected chi connectivity index (χ1v) is 16.2. The zero-order chi connectivity index (χ0) is 37.1. The number of halogens is 3. The number of para-hydroxylation sites is 1. The molecule has 0 spiro atoms. The minimum absolute atomic E-state index is 0. The Morgan fingerprint density at radius 3 is 2.21 bits per heavy atom. The molecule has 2 fully saturated rings. The number of ether oxygens (including phenoxy) is 1. The number of anilines is 2. The van der Waals surface area contributed by atoms with E-state index in [9.17, 15) is 42.3 Å². The predicted octanol–water partition coefficient (Wildman–Crippen LogP) is 1.90. The number of aliphatic carboxylic acids is 1. The number of methoxy groups -OCH3 is 1. The first-order valence-electron chi connectivity index (χ1n) is 16.2. The third-order valence-electron chi connectivity index (χ3n) is 9.17. The van der Waals surface area contributed by atoms with Gasteiger partial charge in [0, 0.05) is 24.6 Å². The maximum absolute atomic E-state index is 14.9. The number of carbonyl (C=O) groups is 5. The molecule has 270 valence electrons. The molecule has 6 amide bonds. The number of imide groups is 1. The molecule has 0 radical (unpaired) electrons. The van der Waals surface area contributed by atoms with Gasteiger partial charge in [0.15, 0.2) is 0 Å². The van der Waals surface area contributed by atoms with E-state index in [1.165, 1.54) is 25.3 Å². The molecule has 1 aliphatic heterocycles. The number of hydrogen-bond donors (Lipinski definition) is 3. The largest absolute Gasteiger partial charge is 1.00 e. The molecule has 3 aromatic carbocycles. The molecule has 12 nitrogen and oxygen atoms in total. The summed E-state index contributed by atoms with van der Waals surface area (Å²) in [7, 11) is 1.29. The van der Waals surface area contributed by atoms with Gasteiger partial charge in [-0.1, -0.05) is 67.4 Å². The van der Waals surface area contributed by atoms with Crippen LogP contribution >= 0.6 is 0 Å².